The molecule has 1 unspecified atom stereocenters. The molecule has 8 heteroatoms. The Kier molecular flexibility index (Phi) is 6.51. The van der Waals surface area contributed by atoms with Crippen molar-refractivity contribution >= 4 is 35.7 Å². The number of esters is 1. The molecule has 0 saturated carbocycles. The van der Waals surface area contributed by atoms with Crippen LogP contribution in [0.5, 0.6) is 11.5 Å². The van der Waals surface area contributed by atoms with Crippen LogP contribution in [0.1, 0.15) is 45.5 Å². The Bertz CT molecular complexity index is 660. The fourth-order valence-corrected chi connectivity index (χ4v) is 3.68. The summed E-state index contributed by atoms with van der Waals surface area (Å²) in [6, 6.07) is 3.82. The van der Waals surface area contributed by atoms with Crippen molar-refractivity contribution in [3.05, 3.63) is 21.3 Å². The summed E-state index contributed by atoms with van der Waals surface area (Å²) in [4.78, 5) is 12.0. The van der Waals surface area contributed by atoms with Crippen LogP contribution in [0, 0.1) is 3.57 Å². The average molecular weight is 476 g/mol. The minimum absolute atomic E-state index is 0.138. The fourth-order valence-electron chi connectivity index (χ4n) is 2.84. The summed E-state index contributed by atoms with van der Waals surface area (Å²) in [7, 11) is 3.98. The number of hydrogen-bond donors (Lipinski definition) is 0. The van der Waals surface area contributed by atoms with Gasteiger partial charge in [-0.2, -0.15) is 0 Å². The van der Waals surface area contributed by atoms with Gasteiger partial charge in [-0.15, -0.1) is 0 Å². The Hall–Kier alpha value is -0.995. The van der Waals surface area contributed by atoms with Gasteiger partial charge in [0.2, 0.25) is 0 Å². The van der Waals surface area contributed by atoms with Gasteiger partial charge in [-0.25, -0.2) is 0 Å². The van der Waals surface area contributed by atoms with Gasteiger partial charge in [0, 0.05) is 5.82 Å². The van der Waals surface area contributed by atoms with Crippen LogP contribution in [0.3, 0.4) is 0 Å². The van der Waals surface area contributed by atoms with E-state index in [1.54, 1.807) is 14.2 Å². The van der Waals surface area contributed by atoms with Gasteiger partial charge in [0.1, 0.15) is 0 Å². The maximum Gasteiger partial charge on any atom is 0.466 e. The number of halogens is 1. The van der Waals surface area contributed by atoms with Crippen molar-refractivity contribution in [2.45, 2.75) is 51.1 Å². The quantitative estimate of drug-likeness (QED) is 0.356. The maximum atomic E-state index is 12.0. The minimum Gasteiger partial charge on any atom is -0.493 e. The van der Waals surface area contributed by atoms with Crippen LogP contribution >= 0.6 is 22.6 Å². The smallest absolute Gasteiger partial charge is 0.466 e. The van der Waals surface area contributed by atoms with Gasteiger partial charge in [0.05, 0.1) is 42.5 Å². The van der Waals surface area contributed by atoms with Crippen molar-refractivity contribution in [3.8, 4) is 11.5 Å². The molecular formula is C18H26BIO6. The molecule has 1 saturated heterocycles. The Balaban J connectivity index is 2.47. The number of ether oxygens (including phenoxy) is 3. The van der Waals surface area contributed by atoms with Gasteiger partial charge in [0.15, 0.2) is 11.5 Å². The molecule has 1 aliphatic heterocycles. The summed E-state index contributed by atoms with van der Waals surface area (Å²) in [6.07, 6.45) is 0.138. The summed E-state index contributed by atoms with van der Waals surface area (Å²) in [6.45, 7) is 7.95. The van der Waals surface area contributed by atoms with Crippen LogP contribution in [0.2, 0.25) is 0 Å². The highest BCUT2D eigenvalue weighted by Crippen LogP contribution is 2.44. The molecule has 0 aliphatic carbocycles. The first-order valence-electron chi connectivity index (χ1n) is 8.40. The van der Waals surface area contributed by atoms with E-state index in [4.69, 9.17) is 23.5 Å². The van der Waals surface area contributed by atoms with Crippen LogP contribution in [-0.2, 0) is 18.8 Å². The first-order chi connectivity index (χ1) is 12.1. The zero-order valence-corrected chi connectivity index (χ0v) is 18.5. The molecule has 6 nitrogen and oxygen atoms in total. The van der Waals surface area contributed by atoms with E-state index in [0.717, 1.165) is 9.13 Å². The summed E-state index contributed by atoms with van der Waals surface area (Å²) < 4.78 is 29.0. The zero-order chi connectivity index (χ0) is 19.7. The molecule has 0 amide bonds. The van der Waals surface area contributed by atoms with Crippen LogP contribution in [-0.4, -0.2) is 45.6 Å². The Morgan fingerprint density at radius 2 is 1.69 bits per heavy atom. The van der Waals surface area contributed by atoms with Crippen LogP contribution in [0.15, 0.2) is 12.1 Å². The minimum atomic E-state index is -0.576. The monoisotopic (exact) mass is 476 g/mol. The van der Waals surface area contributed by atoms with E-state index in [9.17, 15) is 4.79 Å². The summed E-state index contributed by atoms with van der Waals surface area (Å²) in [5.41, 5.74) is -0.109. The van der Waals surface area contributed by atoms with Crippen LogP contribution < -0.4 is 9.47 Å². The molecule has 1 aromatic carbocycles. The average Bonchev–Trinajstić information content (AvgIpc) is 2.78. The number of benzene rings is 1. The summed E-state index contributed by atoms with van der Waals surface area (Å²) in [5, 5.41) is 0. The lowest BCUT2D eigenvalue weighted by molar-refractivity contribution is -0.140. The van der Waals surface area contributed by atoms with Crippen LogP contribution in [0.25, 0.3) is 0 Å². The molecule has 0 spiro atoms. The second-order valence-electron chi connectivity index (χ2n) is 7.25. The maximum absolute atomic E-state index is 12.0. The predicted molar refractivity (Wildman–Crippen MR) is 108 cm³/mol. The number of rotatable bonds is 6. The molecule has 0 bridgehead atoms. The van der Waals surface area contributed by atoms with Gasteiger partial charge < -0.3 is 23.5 Å². The lowest BCUT2D eigenvalue weighted by Gasteiger charge is -2.32. The van der Waals surface area contributed by atoms with E-state index in [-0.39, 0.29) is 18.2 Å². The highest BCUT2D eigenvalue weighted by atomic mass is 127. The molecule has 0 N–H and O–H groups in total. The number of methoxy groups -OCH3 is 3. The van der Waals surface area contributed by atoms with Crippen molar-refractivity contribution < 1.29 is 28.3 Å². The van der Waals surface area contributed by atoms with Gasteiger partial charge in [-0.1, -0.05) is 0 Å². The Morgan fingerprint density at radius 1 is 1.12 bits per heavy atom. The van der Waals surface area contributed by atoms with E-state index in [0.29, 0.717) is 11.5 Å². The van der Waals surface area contributed by atoms with Crippen molar-refractivity contribution in [2.75, 3.05) is 21.3 Å². The third-order valence-corrected chi connectivity index (χ3v) is 5.90. The second kappa shape index (κ2) is 7.94. The van der Waals surface area contributed by atoms with Crippen molar-refractivity contribution in [1.82, 2.24) is 0 Å². The fraction of sp³-hybridized carbons (Fsp3) is 0.611. The molecule has 1 fully saturated rings. The number of carbonyl (C=O) groups is 1. The number of carbonyl (C=O) groups excluding carboxylic acids is 1. The zero-order valence-electron chi connectivity index (χ0n) is 16.3. The third-order valence-electron chi connectivity index (χ3n) is 5.10. The van der Waals surface area contributed by atoms with Crippen LogP contribution in [0.4, 0.5) is 0 Å². The van der Waals surface area contributed by atoms with E-state index in [1.807, 2.05) is 39.8 Å². The molecule has 1 atom stereocenters. The Labute approximate surface area is 169 Å². The molecular weight excluding hydrogens is 450 g/mol. The first-order valence-corrected chi connectivity index (χ1v) is 9.48. The highest BCUT2D eigenvalue weighted by Gasteiger charge is 2.54. The molecule has 144 valence electrons. The predicted octanol–water partition coefficient (Wildman–Crippen LogP) is 3.59. The van der Waals surface area contributed by atoms with Crippen molar-refractivity contribution in [3.63, 3.8) is 0 Å². The van der Waals surface area contributed by atoms with Crippen molar-refractivity contribution in [1.29, 1.82) is 0 Å². The van der Waals surface area contributed by atoms with E-state index in [2.05, 4.69) is 22.6 Å². The van der Waals surface area contributed by atoms with Gasteiger partial charge in [-0.3, -0.25) is 4.79 Å². The summed E-state index contributed by atoms with van der Waals surface area (Å²) in [5.74, 6) is 0.592. The van der Waals surface area contributed by atoms with E-state index in [1.165, 1.54) is 7.11 Å². The highest BCUT2D eigenvalue weighted by molar-refractivity contribution is 14.1. The third kappa shape index (κ3) is 4.12. The van der Waals surface area contributed by atoms with E-state index < -0.39 is 18.3 Å². The molecule has 0 aromatic heterocycles. The molecule has 1 heterocycles. The van der Waals surface area contributed by atoms with Gasteiger partial charge in [-0.05, 0) is 68.0 Å². The Morgan fingerprint density at radius 3 is 2.15 bits per heavy atom. The topological polar surface area (TPSA) is 63.2 Å². The lowest BCUT2D eigenvalue weighted by Crippen LogP contribution is -2.41. The molecule has 0 radical (unpaired) electrons. The molecule has 2 rings (SSSR count). The van der Waals surface area contributed by atoms with Gasteiger partial charge >= 0.3 is 13.1 Å². The second-order valence-corrected chi connectivity index (χ2v) is 8.41. The normalized spacial score (nSPS) is 19.2. The molecule has 1 aliphatic rings. The molecule has 26 heavy (non-hydrogen) atoms. The summed E-state index contributed by atoms with van der Waals surface area (Å²) >= 11 is 2.19. The first kappa shape index (κ1) is 21.3. The largest absolute Gasteiger partial charge is 0.493 e. The standard InChI is InChI=1S/C18H26BIO6/c1-17(2)18(3,4)26-19(25-17)12(10-15(21)23-6)11-8-13(20)16(24-7)14(9-11)22-5/h8-9,12H,10H2,1-7H3. The SMILES string of the molecule is COC(=O)CC(B1OC(C)(C)C(C)(C)O1)c1cc(I)c(OC)c(OC)c1. The van der Waals surface area contributed by atoms with Crippen molar-refractivity contribution in [2.24, 2.45) is 0 Å². The lowest BCUT2D eigenvalue weighted by atomic mass is 9.66. The van der Waals surface area contributed by atoms with Gasteiger partial charge in [0.25, 0.3) is 0 Å². The molecule has 1 aromatic rings. The van der Waals surface area contributed by atoms with E-state index >= 15 is 0 Å². The number of hydrogen-bond acceptors (Lipinski definition) is 6.